The van der Waals surface area contributed by atoms with Crippen molar-refractivity contribution in [1.82, 2.24) is 5.32 Å². The summed E-state index contributed by atoms with van der Waals surface area (Å²) in [6.07, 6.45) is 2.51. The summed E-state index contributed by atoms with van der Waals surface area (Å²) < 4.78 is 0. The van der Waals surface area contributed by atoms with Crippen LogP contribution in [0.1, 0.15) is 29.3 Å². The van der Waals surface area contributed by atoms with E-state index in [1.807, 2.05) is 6.92 Å². The van der Waals surface area contributed by atoms with Crippen LogP contribution in [-0.2, 0) is 0 Å². The van der Waals surface area contributed by atoms with Gasteiger partial charge in [-0.15, -0.1) is 6.58 Å². The number of rotatable bonds is 4. The molecule has 1 rings (SSSR count). The van der Waals surface area contributed by atoms with Crippen LogP contribution < -0.4 is 5.32 Å². The van der Waals surface area contributed by atoms with Gasteiger partial charge in [0.15, 0.2) is 0 Å². The number of hydrogen-bond acceptors (Lipinski definition) is 2. The van der Waals surface area contributed by atoms with E-state index in [2.05, 4.69) is 11.9 Å². The van der Waals surface area contributed by atoms with Gasteiger partial charge in [-0.25, -0.2) is 0 Å². The zero-order valence-electron chi connectivity index (χ0n) is 9.66. The van der Waals surface area contributed by atoms with Crippen LogP contribution in [0, 0.1) is 6.92 Å². The van der Waals surface area contributed by atoms with Crippen molar-refractivity contribution in [3.05, 3.63) is 42.0 Å². The average molecular weight is 219 g/mol. The highest BCUT2D eigenvalue weighted by molar-refractivity contribution is 5.95. The molecular formula is C13H17NO2. The van der Waals surface area contributed by atoms with Gasteiger partial charge in [-0.3, -0.25) is 4.79 Å². The summed E-state index contributed by atoms with van der Waals surface area (Å²) in [6, 6.07) is 4.78. The van der Waals surface area contributed by atoms with E-state index in [-0.39, 0.29) is 17.7 Å². The Kier molecular flexibility index (Phi) is 4.11. The second-order valence-corrected chi connectivity index (χ2v) is 3.90. The Labute approximate surface area is 95.8 Å². The number of amides is 1. The molecule has 3 heteroatoms. The lowest BCUT2D eigenvalue weighted by Crippen LogP contribution is -2.32. The van der Waals surface area contributed by atoms with Crippen molar-refractivity contribution in [3.63, 3.8) is 0 Å². The number of carbonyl (C=O) groups is 1. The lowest BCUT2D eigenvalue weighted by molar-refractivity contribution is 0.0940. The third-order valence-corrected chi connectivity index (χ3v) is 2.35. The maximum atomic E-state index is 11.8. The molecule has 1 aromatic carbocycles. The number of benzene rings is 1. The maximum absolute atomic E-state index is 11.8. The van der Waals surface area contributed by atoms with Crippen molar-refractivity contribution in [3.8, 4) is 5.75 Å². The van der Waals surface area contributed by atoms with Crippen LogP contribution in [0.25, 0.3) is 0 Å². The molecule has 0 aliphatic rings. The quantitative estimate of drug-likeness (QED) is 0.764. The van der Waals surface area contributed by atoms with Gasteiger partial charge in [0.1, 0.15) is 5.75 Å². The van der Waals surface area contributed by atoms with Crippen molar-refractivity contribution in [2.75, 3.05) is 0 Å². The van der Waals surface area contributed by atoms with E-state index in [4.69, 9.17) is 0 Å². The van der Waals surface area contributed by atoms with Gasteiger partial charge in [0, 0.05) is 11.6 Å². The molecule has 1 unspecified atom stereocenters. The number of carbonyl (C=O) groups excluding carboxylic acids is 1. The van der Waals surface area contributed by atoms with Gasteiger partial charge in [0.2, 0.25) is 0 Å². The minimum absolute atomic E-state index is 0.0678. The molecule has 0 aliphatic heterocycles. The predicted molar refractivity (Wildman–Crippen MR) is 64.6 cm³/mol. The average Bonchev–Trinajstić information content (AvgIpc) is 2.17. The number of hydrogen-bond donors (Lipinski definition) is 2. The van der Waals surface area contributed by atoms with Gasteiger partial charge in [-0.1, -0.05) is 6.08 Å². The monoisotopic (exact) mass is 219 g/mol. The first-order valence-electron chi connectivity index (χ1n) is 5.26. The van der Waals surface area contributed by atoms with E-state index in [1.54, 1.807) is 25.1 Å². The first-order valence-corrected chi connectivity index (χ1v) is 5.26. The summed E-state index contributed by atoms with van der Waals surface area (Å²) in [5.41, 5.74) is 1.36. The minimum Gasteiger partial charge on any atom is -0.508 e. The number of phenolic OH excluding ortho intramolecular Hbond substituents is 1. The molecule has 0 saturated carbocycles. The zero-order valence-corrected chi connectivity index (χ0v) is 9.66. The highest BCUT2D eigenvalue weighted by atomic mass is 16.3. The highest BCUT2D eigenvalue weighted by Crippen LogP contribution is 2.15. The standard InChI is InChI=1S/C13H17NO2/c1-4-5-10(3)14-13(16)12-7-6-11(15)8-9(12)2/h4,6-8,10,15H,1,5H2,2-3H3,(H,14,16). The molecule has 1 amide bonds. The summed E-state index contributed by atoms with van der Waals surface area (Å²) >= 11 is 0. The SMILES string of the molecule is C=CCC(C)NC(=O)c1ccc(O)cc1C. The van der Waals surface area contributed by atoms with Crippen molar-refractivity contribution in [2.24, 2.45) is 0 Å². The molecule has 16 heavy (non-hydrogen) atoms. The summed E-state index contributed by atoms with van der Waals surface area (Å²) in [5.74, 6) is 0.0556. The molecule has 1 aromatic rings. The molecule has 0 radical (unpaired) electrons. The summed E-state index contributed by atoms with van der Waals surface area (Å²) in [5, 5.41) is 12.1. The topological polar surface area (TPSA) is 49.3 Å². The molecule has 3 nitrogen and oxygen atoms in total. The molecule has 0 saturated heterocycles. The number of aryl methyl sites for hydroxylation is 1. The second-order valence-electron chi connectivity index (χ2n) is 3.90. The van der Waals surface area contributed by atoms with Crippen molar-refractivity contribution >= 4 is 5.91 Å². The Morgan fingerprint density at radius 1 is 1.62 bits per heavy atom. The summed E-state index contributed by atoms with van der Waals surface area (Å²) in [7, 11) is 0. The lowest BCUT2D eigenvalue weighted by Gasteiger charge is -2.13. The van der Waals surface area contributed by atoms with Crippen molar-refractivity contribution in [2.45, 2.75) is 26.3 Å². The van der Waals surface area contributed by atoms with Gasteiger partial charge < -0.3 is 10.4 Å². The van der Waals surface area contributed by atoms with Gasteiger partial charge in [-0.05, 0) is 44.0 Å². The fraction of sp³-hybridized carbons (Fsp3) is 0.308. The fourth-order valence-corrected chi connectivity index (χ4v) is 1.51. The summed E-state index contributed by atoms with van der Waals surface area (Å²) in [4.78, 5) is 11.8. The van der Waals surface area contributed by atoms with Gasteiger partial charge in [-0.2, -0.15) is 0 Å². The molecule has 0 fully saturated rings. The van der Waals surface area contributed by atoms with E-state index >= 15 is 0 Å². The van der Waals surface area contributed by atoms with Gasteiger partial charge >= 0.3 is 0 Å². The molecule has 0 aromatic heterocycles. The fourth-order valence-electron chi connectivity index (χ4n) is 1.51. The molecule has 0 heterocycles. The minimum atomic E-state index is -0.119. The smallest absolute Gasteiger partial charge is 0.251 e. The Morgan fingerprint density at radius 3 is 2.88 bits per heavy atom. The third-order valence-electron chi connectivity index (χ3n) is 2.35. The molecule has 86 valence electrons. The number of aromatic hydroxyl groups is 1. The van der Waals surface area contributed by atoms with Crippen LogP contribution in [0.3, 0.4) is 0 Å². The first-order chi connectivity index (χ1) is 7.54. The Balaban J connectivity index is 2.76. The Bertz CT molecular complexity index is 399. The first kappa shape index (κ1) is 12.3. The van der Waals surface area contributed by atoms with Crippen LogP contribution in [0.2, 0.25) is 0 Å². The largest absolute Gasteiger partial charge is 0.508 e. The van der Waals surface area contributed by atoms with Gasteiger partial charge in [0.25, 0.3) is 5.91 Å². The molecule has 0 spiro atoms. The van der Waals surface area contributed by atoms with E-state index in [0.29, 0.717) is 5.56 Å². The second kappa shape index (κ2) is 5.35. The van der Waals surface area contributed by atoms with Crippen LogP contribution in [0.5, 0.6) is 5.75 Å². The lowest BCUT2D eigenvalue weighted by atomic mass is 10.1. The number of nitrogens with one attached hydrogen (secondary N) is 1. The highest BCUT2D eigenvalue weighted by Gasteiger charge is 2.11. The molecule has 1 atom stereocenters. The van der Waals surface area contributed by atoms with Gasteiger partial charge in [0.05, 0.1) is 0 Å². The van der Waals surface area contributed by atoms with E-state index in [9.17, 15) is 9.90 Å². The van der Waals surface area contributed by atoms with Crippen LogP contribution in [-0.4, -0.2) is 17.1 Å². The van der Waals surface area contributed by atoms with Crippen molar-refractivity contribution in [1.29, 1.82) is 0 Å². The van der Waals surface area contributed by atoms with E-state index in [0.717, 1.165) is 12.0 Å². The third kappa shape index (κ3) is 3.12. The van der Waals surface area contributed by atoms with E-state index < -0.39 is 0 Å². The van der Waals surface area contributed by atoms with Crippen LogP contribution in [0.4, 0.5) is 0 Å². The molecule has 0 bridgehead atoms. The number of phenols is 1. The van der Waals surface area contributed by atoms with Crippen LogP contribution in [0.15, 0.2) is 30.9 Å². The normalized spacial score (nSPS) is 11.9. The molecule has 2 N–H and O–H groups in total. The zero-order chi connectivity index (χ0) is 12.1. The maximum Gasteiger partial charge on any atom is 0.251 e. The van der Waals surface area contributed by atoms with Crippen LogP contribution >= 0.6 is 0 Å². The molecule has 0 aliphatic carbocycles. The molecular weight excluding hydrogens is 202 g/mol. The van der Waals surface area contributed by atoms with E-state index in [1.165, 1.54) is 6.07 Å². The Hall–Kier alpha value is -1.77. The van der Waals surface area contributed by atoms with Crippen molar-refractivity contribution < 1.29 is 9.90 Å². The Morgan fingerprint density at radius 2 is 2.31 bits per heavy atom. The predicted octanol–water partition coefficient (Wildman–Crippen LogP) is 2.40. The summed E-state index contributed by atoms with van der Waals surface area (Å²) in [6.45, 7) is 7.35.